The van der Waals surface area contributed by atoms with Crippen molar-refractivity contribution in [2.45, 2.75) is 87.5 Å². The second-order valence-electron chi connectivity index (χ2n) is 8.25. The monoisotopic (exact) mass is 366 g/mol. The Morgan fingerprint density at radius 2 is 1.84 bits per heavy atom. The summed E-state index contributed by atoms with van der Waals surface area (Å²) in [6, 6.07) is 2.21. The van der Waals surface area contributed by atoms with Gasteiger partial charge in [0.25, 0.3) is 0 Å². The van der Waals surface area contributed by atoms with Crippen LogP contribution in [0.4, 0.5) is 0 Å². The molecule has 2 heterocycles. The van der Waals surface area contributed by atoms with Crippen molar-refractivity contribution in [1.29, 1.82) is 0 Å². The summed E-state index contributed by atoms with van der Waals surface area (Å²) in [5.41, 5.74) is 1.35. The first kappa shape index (κ1) is 19.4. The third kappa shape index (κ3) is 4.86. The Labute approximate surface area is 155 Å². The van der Waals surface area contributed by atoms with Gasteiger partial charge in [0.2, 0.25) is 0 Å². The van der Waals surface area contributed by atoms with Crippen molar-refractivity contribution < 1.29 is 20.1 Å². The van der Waals surface area contributed by atoms with Gasteiger partial charge >= 0.3 is 0 Å². The third-order valence-electron chi connectivity index (χ3n) is 5.93. The van der Waals surface area contributed by atoms with E-state index in [2.05, 4.69) is 19.3 Å². The molecule has 1 aliphatic carbocycles. The van der Waals surface area contributed by atoms with Gasteiger partial charge in [0.1, 0.15) is 20.1 Å². The molecule has 0 spiro atoms. The molecule has 0 bridgehead atoms. The van der Waals surface area contributed by atoms with Crippen LogP contribution < -0.4 is 0 Å². The van der Waals surface area contributed by atoms with Crippen molar-refractivity contribution in [3.63, 3.8) is 0 Å². The summed E-state index contributed by atoms with van der Waals surface area (Å²) in [7, 11) is 2.43. The van der Waals surface area contributed by atoms with E-state index in [1.54, 1.807) is 11.3 Å². The largest absolute Gasteiger partial charge is 0.394 e. The molecular formula is C19H31BO4S. The van der Waals surface area contributed by atoms with Gasteiger partial charge in [-0.15, -0.1) is 11.3 Å². The molecule has 0 radical (unpaired) electrons. The maximum absolute atomic E-state index is 10.0. The normalized spacial score (nSPS) is 33.6. The quantitative estimate of drug-likeness (QED) is 0.716. The zero-order valence-corrected chi connectivity index (χ0v) is 16.0. The standard InChI is InChI=1S/C19H31BO4S/c20-19(6-4-2-1-3-5-7-19)10-13-8-17(25-12-13)15-9-14(22)18(23)16(11-21)24-15/h8,12,14-16,18,21-23H,1-7,9-11,20H2/t14-,15-,16-,18+/m1/s1. The molecule has 1 aromatic rings. The molecule has 1 saturated carbocycles. The van der Waals surface area contributed by atoms with Gasteiger partial charge in [-0.05, 0) is 23.4 Å². The number of rotatable bonds is 4. The molecule has 0 amide bonds. The molecular weight excluding hydrogens is 335 g/mol. The van der Waals surface area contributed by atoms with Crippen LogP contribution in [0.1, 0.15) is 67.9 Å². The van der Waals surface area contributed by atoms with Crippen LogP contribution in [-0.4, -0.2) is 48.1 Å². The fourth-order valence-corrected chi connectivity index (χ4v) is 5.33. The maximum Gasteiger partial charge on any atom is 0.110 e. The van der Waals surface area contributed by atoms with E-state index in [1.807, 2.05) is 0 Å². The molecule has 140 valence electrons. The van der Waals surface area contributed by atoms with Crippen LogP contribution in [0, 0.1) is 0 Å². The highest BCUT2D eigenvalue weighted by Gasteiger charge is 2.37. The molecule has 0 aromatic carbocycles. The van der Waals surface area contributed by atoms with Crippen LogP contribution in [0.5, 0.6) is 0 Å². The van der Waals surface area contributed by atoms with E-state index in [0.717, 1.165) is 11.3 Å². The van der Waals surface area contributed by atoms with Crippen LogP contribution in [0.25, 0.3) is 0 Å². The molecule has 1 aliphatic heterocycles. The summed E-state index contributed by atoms with van der Waals surface area (Å²) in [4.78, 5) is 1.09. The lowest BCUT2D eigenvalue weighted by molar-refractivity contribution is -0.180. The summed E-state index contributed by atoms with van der Waals surface area (Å²) in [5, 5.41) is 31.9. The molecule has 1 aromatic heterocycles. The minimum atomic E-state index is -1.01. The minimum Gasteiger partial charge on any atom is -0.394 e. The molecule has 25 heavy (non-hydrogen) atoms. The van der Waals surface area contributed by atoms with E-state index >= 15 is 0 Å². The van der Waals surface area contributed by atoms with Crippen LogP contribution >= 0.6 is 11.3 Å². The first-order valence-electron chi connectivity index (χ1n) is 9.70. The van der Waals surface area contributed by atoms with Crippen LogP contribution in [0.3, 0.4) is 0 Å². The number of hydrogen-bond acceptors (Lipinski definition) is 5. The lowest BCUT2D eigenvalue weighted by atomic mass is 9.59. The Bertz CT molecular complexity index is 541. The Balaban J connectivity index is 1.65. The predicted molar refractivity (Wildman–Crippen MR) is 103 cm³/mol. The summed E-state index contributed by atoms with van der Waals surface area (Å²) in [5.74, 6) is 0. The topological polar surface area (TPSA) is 69.9 Å². The lowest BCUT2D eigenvalue weighted by Crippen LogP contribution is -2.47. The molecule has 0 unspecified atom stereocenters. The molecule has 3 rings (SSSR count). The Kier molecular flexibility index (Phi) is 6.61. The first-order valence-corrected chi connectivity index (χ1v) is 10.6. The third-order valence-corrected chi connectivity index (χ3v) is 7.01. The highest BCUT2D eigenvalue weighted by Crippen LogP contribution is 2.42. The van der Waals surface area contributed by atoms with Gasteiger partial charge < -0.3 is 20.1 Å². The SMILES string of the molecule is BC1(Cc2csc([C@H]3C[C@@H](O)[C@H](O)[C@@H](CO)O3)c2)CCCCCCC1. The summed E-state index contributed by atoms with van der Waals surface area (Å²) < 4.78 is 5.82. The van der Waals surface area contributed by atoms with Gasteiger partial charge in [0.05, 0.1) is 18.8 Å². The summed E-state index contributed by atoms with van der Waals surface area (Å²) in [6.07, 6.45) is 8.08. The van der Waals surface area contributed by atoms with Crippen LogP contribution in [0.2, 0.25) is 5.31 Å². The molecule has 4 atom stereocenters. The van der Waals surface area contributed by atoms with E-state index in [1.165, 1.54) is 50.5 Å². The van der Waals surface area contributed by atoms with Gasteiger partial charge in [-0.1, -0.05) is 50.3 Å². The molecule has 1 saturated heterocycles. The molecule has 3 N–H and O–H groups in total. The Morgan fingerprint density at radius 3 is 2.52 bits per heavy atom. The second kappa shape index (κ2) is 8.53. The first-order chi connectivity index (χ1) is 12.0. The van der Waals surface area contributed by atoms with Crippen LogP contribution in [0.15, 0.2) is 11.4 Å². The number of ether oxygens (including phenoxy) is 1. The van der Waals surface area contributed by atoms with E-state index in [4.69, 9.17) is 4.74 Å². The molecule has 2 fully saturated rings. The molecule has 4 nitrogen and oxygen atoms in total. The van der Waals surface area contributed by atoms with Crippen molar-refractivity contribution in [1.82, 2.24) is 0 Å². The minimum absolute atomic E-state index is 0.237. The zero-order valence-electron chi connectivity index (χ0n) is 15.2. The zero-order chi connectivity index (χ0) is 17.9. The van der Waals surface area contributed by atoms with Gasteiger partial charge in [0, 0.05) is 11.3 Å². The number of aliphatic hydroxyl groups excluding tert-OH is 3. The van der Waals surface area contributed by atoms with Crippen molar-refractivity contribution in [3.8, 4) is 0 Å². The molecule has 6 heteroatoms. The molecule has 2 aliphatic rings. The number of hydrogen-bond donors (Lipinski definition) is 3. The predicted octanol–water partition coefficient (Wildman–Crippen LogP) is 2.37. The van der Waals surface area contributed by atoms with Crippen molar-refractivity contribution in [2.24, 2.45) is 0 Å². The van der Waals surface area contributed by atoms with Crippen molar-refractivity contribution in [2.75, 3.05) is 6.61 Å². The summed E-state index contributed by atoms with van der Waals surface area (Å²) in [6.45, 7) is -0.273. The van der Waals surface area contributed by atoms with Gasteiger partial charge in [-0.3, -0.25) is 0 Å². The second-order valence-corrected chi connectivity index (χ2v) is 9.19. The Hall–Kier alpha value is -0.395. The average Bonchev–Trinajstić information content (AvgIpc) is 3.02. The van der Waals surface area contributed by atoms with E-state index in [9.17, 15) is 15.3 Å². The van der Waals surface area contributed by atoms with Gasteiger partial charge in [-0.2, -0.15) is 0 Å². The van der Waals surface area contributed by atoms with E-state index in [-0.39, 0.29) is 12.7 Å². The summed E-state index contributed by atoms with van der Waals surface area (Å²) >= 11 is 1.67. The van der Waals surface area contributed by atoms with E-state index in [0.29, 0.717) is 11.7 Å². The fraction of sp³-hybridized carbons (Fsp3) is 0.789. The lowest BCUT2D eigenvalue weighted by Gasteiger charge is -2.36. The fourth-order valence-electron chi connectivity index (χ4n) is 4.37. The number of thiophene rings is 1. The van der Waals surface area contributed by atoms with Gasteiger partial charge in [0.15, 0.2) is 0 Å². The van der Waals surface area contributed by atoms with Crippen molar-refractivity contribution >= 4 is 19.2 Å². The van der Waals surface area contributed by atoms with E-state index < -0.39 is 18.3 Å². The highest BCUT2D eigenvalue weighted by atomic mass is 32.1. The van der Waals surface area contributed by atoms with Crippen molar-refractivity contribution in [3.05, 3.63) is 21.9 Å². The maximum atomic E-state index is 10.0. The smallest absolute Gasteiger partial charge is 0.110 e. The number of aliphatic hydroxyl groups is 3. The highest BCUT2D eigenvalue weighted by molar-refractivity contribution is 7.10. The van der Waals surface area contributed by atoms with Crippen LogP contribution in [-0.2, 0) is 11.2 Å². The van der Waals surface area contributed by atoms with Gasteiger partial charge in [-0.25, -0.2) is 0 Å². The average molecular weight is 366 g/mol. The Morgan fingerprint density at radius 1 is 1.16 bits per heavy atom.